The molecule has 0 aromatic carbocycles. The van der Waals surface area contributed by atoms with Crippen LogP contribution in [0.1, 0.15) is 26.7 Å². The van der Waals surface area contributed by atoms with Gasteiger partial charge in [0.15, 0.2) is 0 Å². The number of rotatable bonds is 5. The van der Waals surface area contributed by atoms with Crippen LogP contribution in [0, 0.1) is 0 Å². The van der Waals surface area contributed by atoms with Crippen LogP contribution >= 0.6 is 0 Å². The largest absolute Gasteiger partial charge is 0.341 e. The summed E-state index contributed by atoms with van der Waals surface area (Å²) in [4.78, 5) is 13.6. The van der Waals surface area contributed by atoms with Crippen LogP contribution in [0.4, 0.5) is 0 Å². The second-order valence-electron chi connectivity index (χ2n) is 4.46. The lowest BCUT2D eigenvalue weighted by Crippen LogP contribution is -2.49. The zero-order valence-corrected chi connectivity index (χ0v) is 11.2. The summed E-state index contributed by atoms with van der Waals surface area (Å²) in [5.41, 5.74) is 5.32. The smallest absolute Gasteiger partial charge is 0.240 e. The fraction of sp³-hybridized carbons (Fsp3) is 0.900. The predicted octanol–water partition coefficient (Wildman–Crippen LogP) is -0.736. The summed E-state index contributed by atoms with van der Waals surface area (Å²) in [7, 11) is -3.51. The van der Waals surface area contributed by atoms with Gasteiger partial charge in [0.2, 0.25) is 15.9 Å². The van der Waals surface area contributed by atoms with E-state index in [1.165, 1.54) is 6.92 Å². The molecule has 1 aliphatic heterocycles. The number of hydrogen-bond donors (Lipinski definition) is 2. The number of amides is 1. The summed E-state index contributed by atoms with van der Waals surface area (Å²) < 4.78 is 25.8. The first kappa shape index (κ1) is 14.4. The van der Waals surface area contributed by atoms with Crippen LogP contribution in [0.2, 0.25) is 0 Å². The molecular formula is C10H21N3O3S. The van der Waals surface area contributed by atoms with Crippen molar-refractivity contribution in [3.8, 4) is 0 Å². The van der Waals surface area contributed by atoms with Crippen molar-refractivity contribution in [2.24, 2.45) is 5.73 Å². The number of sulfonamides is 1. The summed E-state index contributed by atoms with van der Waals surface area (Å²) >= 11 is 0. The molecule has 1 heterocycles. The Morgan fingerprint density at radius 2 is 1.88 bits per heavy atom. The van der Waals surface area contributed by atoms with Crippen LogP contribution in [0.3, 0.4) is 0 Å². The number of nitrogens with zero attached hydrogens (tertiary/aromatic N) is 1. The van der Waals surface area contributed by atoms with Gasteiger partial charge in [0.05, 0.1) is 11.3 Å². The second-order valence-corrected chi connectivity index (χ2v) is 6.59. The standard InChI is InChI=1S/C10H21N3O3S/c1-8(7-11)17(15,16)12-9(2)10(14)13-5-3-4-6-13/h8-9,12H,3-7,11H2,1-2H3. The summed E-state index contributed by atoms with van der Waals surface area (Å²) in [6.07, 6.45) is 1.98. The Kier molecular flexibility index (Phi) is 4.91. The van der Waals surface area contributed by atoms with Gasteiger partial charge in [-0.2, -0.15) is 0 Å². The van der Waals surface area contributed by atoms with E-state index in [0.717, 1.165) is 25.9 Å². The number of nitrogens with one attached hydrogen (secondary N) is 1. The number of carbonyl (C=O) groups excluding carboxylic acids is 1. The molecule has 0 aromatic heterocycles. The van der Waals surface area contributed by atoms with Crippen molar-refractivity contribution in [3.05, 3.63) is 0 Å². The SMILES string of the molecule is CC(NS(=O)(=O)C(C)CN)C(=O)N1CCCC1. The molecule has 1 fully saturated rings. The average molecular weight is 263 g/mol. The van der Waals surface area contributed by atoms with Crippen LogP contribution in [-0.4, -0.2) is 50.2 Å². The lowest BCUT2D eigenvalue weighted by molar-refractivity contribution is -0.131. The highest BCUT2D eigenvalue weighted by atomic mass is 32.2. The molecule has 0 bridgehead atoms. The number of likely N-dealkylation sites (tertiary alicyclic amines) is 1. The number of nitrogens with two attached hydrogens (primary N) is 1. The Hall–Kier alpha value is -0.660. The Morgan fingerprint density at radius 3 is 2.35 bits per heavy atom. The first-order valence-electron chi connectivity index (χ1n) is 5.88. The fourth-order valence-electron chi connectivity index (χ4n) is 1.75. The van der Waals surface area contributed by atoms with Crippen LogP contribution in [0.25, 0.3) is 0 Å². The van der Waals surface area contributed by atoms with Gasteiger partial charge in [-0.25, -0.2) is 13.1 Å². The lowest BCUT2D eigenvalue weighted by Gasteiger charge is -2.22. The van der Waals surface area contributed by atoms with Crippen molar-refractivity contribution in [2.75, 3.05) is 19.6 Å². The monoisotopic (exact) mass is 263 g/mol. The third-order valence-corrected chi connectivity index (χ3v) is 4.92. The van der Waals surface area contributed by atoms with Crippen LogP contribution in [-0.2, 0) is 14.8 Å². The van der Waals surface area contributed by atoms with Crippen LogP contribution in [0.15, 0.2) is 0 Å². The molecule has 1 amide bonds. The first-order valence-corrected chi connectivity index (χ1v) is 7.43. The Balaban J connectivity index is 2.59. The van der Waals surface area contributed by atoms with Gasteiger partial charge in [-0.15, -0.1) is 0 Å². The maximum atomic E-state index is 11.9. The zero-order chi connectivity index (χ0) is 13.1. The normalized spacial score (nSPS) is 20.3. The molecule has 1 saturated heterocycles. The third kappa shape index (κ3) is 3.65. The van der Waals surface area contributed by atoms with Gasteiger partial charge in [0, 0.05) is 19.6 Å². The lowest BCUT2D eigenvalue weighted by atomic mass is 10.3. The van der Waals surface area contributed by atoms with Gasteiger partial charge in [0.1, 0.15) is 0 Å². The Morgan fingerprint density at radius 1 is 1.35 bits per heavy atom. The van der Waals surface area contributed by atoms with Gasteiger partial charge in [-0.1, -0.05) is 0 Å². The van der Waals surface area contributed by atoms with Gasteiger partial charge in [-0.05, 0) is 26.7 Å². The average Bonchev–Trinajstić information content (AvgIpc) is 2.79. The molecule has 2 atom stereocenters. The van der Waals surface area contributed by atoms with E-state index < -0.39 is 21.3 Å². The molecular weight excluding hydrogens is 242 g/mol. The van der Waals surface area contributed by atoms with Gasteiger partial charge in [0.25, 0.3) is 0 Å². The van der Waals surface area contributed by atoms with Crippen molar-refractivity contribution in [1.29, 1.82) is 0 Å². The minimum atomic E-state index is -3.51. The van der Waals surface area contributed by atoms with Crippen molar-refractivity contribution in [1.82, 2.24) is 9.62 Å². The second kappa shape index (κ2) is 5.79. The predicted molar refractivity (Wildman–Crippen MR) is 65.8 cm³/mol. The molecule has 0 saturated carbocycles. The van der Waals surface area contributed by atoms with Crippen molar-refractivity contribution in [2.45, 2.75) is 38.0 Å². The van der Waals surface area contributed by atoms with Crippen molar-refractivity contribution < 1.29 is 13.2 Å². The zero-order valence-electron chi connectivity index (χ0n) is 10.3. The molecule has 6 nitrogen and oxygen atoms in total. The maximum Gasteiger partial charge on any atom is 0.240 e. The first-order chi connectivity index (χ1) is 7.88. The molecule has 1 aliphatic rings. The fourth-order valence-corrected chi connectivity index (χ4v) is 2.83. The molecule has 2 unspecified atom stereocenters. The Bertz CT molecular complexity index is 363. The molecule has 0 spiro atoms. The van der Waals surface area contributed by atoms with E-state index in [9.17, 15) is 13.2 Å². The molecule has 7 heteroatoms. The quantitative estimate of drug-likeness (QED) is 0.683. The summed E-state index contributed by atoms with van der Waals surface area (Å²) in [5.74, 6) is -0.157. The van der Waals surface area contributed by atoms with E-state index in [2.05, 4.69) is 4.72 Å². The molecule has 1 rings (SSSR count). The van der Waals surface area contributed by atoms with Crippen molar-refractivity contribution >= 4 is 15.9 Å². The molecule has 100 valence electrons. The summed E-state index contributed by atoms with van der Waals surface area (Å²) in [6.45, 7) is 4.57. The molecule has 0 radical (unpaired) electrons. The maximum absolute atomic E-state index is 11.9. The Labute approximate surface area is 103 Å². The highest BCUT2D eigenvalue weighted by molar-refractivity contribution is 7.90. The van der Waals surface area contributed by atoms with Crippen LogP contribution < -0.4 is 10.5 Å². The van der Waals surface area contributed by atoms with E-state index in [1.807, 2.05) is 0 Å². The molecule has 17 heavy (non-hydrogen) atoms. The van der Waals surface area contributed by atoms with Crippen LogP contribution in [0.5, 0.6) is 0 Å². The number of hydrogen-bond acceptors (Lipinski definition) is 4. The van der Waals surface area contributed by atoms with E-state index in [0.29, 0.717) is 0 Å². The van der Waals surface area contributed by atoms with E-state index in [-0.39, 0.29) is 12.5 Å². The summed E-state index contributed by atoms with van der Waals surface area (Å²) in [5, 5.41) is -0.684. The van der Waals surface area contributed by atoms with E-state index >= 15 is 0 Å². The molecule has 0 aromatic rings. The highest BCUT2D eigenvalue weighted by Crippen LogP contribution is 2.09. The van der Waals surface area contributed by atoms with E-state index in [1.54, 1.807) is 11.8 Å². The summed E-state index contributed by atoms with van der Waals surface area (Å²) in [6, 6.07) is -0.716. The molecule has 3 N–H and O–H groups in total. The number of carbonyl (C=O) groups is 1. The van der Waals surface area contributed by atoms with E-state index in [4.69, 9.17) is 5.73 Å². The minimum Gasteiger partial charge on any atom is -0.341 e. The third-order valence-electron chi connectivity index (χ3n) is 2.99. The van der Waals surface area contributed by atoms with Gasteiger partial charge in [-0.3, -0.25) is 4.79 Å². The van der Waals surface area contributed by atoms with Gasteiger partial charge < -0.3 is 10.6 Å². The highest BCUT2D eigenvalue weighted by Gasteiger charge is 2.28. The van der Waals surface area contributed by atoms with Crippen molar-refractivity contribution in [3.63, 3.8) is 0 Å². The topological polar surface area (TPSA) is 92.5 Å². The minimum absolute atomic E-state index is 0.0416. The molecule has 0 aliphatic carbocycles. The van der Waals surface area contributed by atoms with Gasteiger partial charge >= 0.3 is 0 Å².